The molecule has 3 heterocycles. The molecule has 5 nitrogen and oxygen atoms in total. The fourth-order valence-electron chi connectivity index (χ4n) is 3.68. The third-order valence-electron chi connectivity index (χ3n) is 4.65. The van der Waals surface area contributed by atoms with Crippen molar-refractivity contribution in [3.8, 4) is 0 Å². The Labute approximate surface area is 143 Å². The van der Waals surface area contributed by atoms with Crippen LogP contribution in [0.4, 0.5) is 10.5 Å². The number of nitrogens with zero attached hydrogens (tertiary/aromatic N) is 3. The lowest BCUT2D eigenvalue weighted by Crippen LogP contribution is -2.59. The first kappa shape index (κ1) is 16.4. The Bertz CT molecular complexity index is 747. The molecule has 24 heavy (non-hydrogen) atoms. The summed E-state index contributed by atoms with van der Waals surface area (Å²) in [6, 6.07) is 5.88. The largest absolute Gasteiger partial charge is 0.322 e. The third-order valence-corrected chi connectivity index (χ3v) is 4.65. The summed E-state index contributed by atoms with van der Waals surface area (Å²) in [6.45, 7) is 11.0. The van der Waals surface area contributed by atoms with Crippen LogP contribution >= 0.6 is 0 Å². The molecule has 0 bridgehead atoms. The number of nitrogens with one attached hydrogen (secondary N) is 1. The molecule has 0 radical (unpaired) electrons. The van der Waals surface area contributed by atoms with Gasteiger partial charge in [-0.3, -0.25) is 9.97 Å². The number of aromatic nitrogens is 2. The van der Waals surface area contributed by atoms with Gasteiger partial charge in [0.15, 0.2) is 0 Å². The average Bonchev–Trinajstić information content (AvgIpc) is 2.49. The van der Waals surface area contributed by atoms with Crippen LogP contribution in [0.2, 0.25) is 0 Å². The number of urea groups is 1. The van der Waals surface area contributed by atoms with Crippen LogP contribution in [0.3, 0.4) is 0 Å². The highest BCUT2D eigenvalue weighted by atomic mass is 16.2. The maximum absolute atomic E-state index is 12.8. The van der Waals surface area contributed by atoms with Crippen molar-refractivity contribution in [2.45, 2.75) is 40.7 Å². The number of carbonyl (C=O) groups excluding carboxylic acids is 1. The van der Waals surface area contributed by atoms with E-state index in [1.54, 1.807) is 6.20 Å². The molecular weight excluding hydrogens is 300 g/mol. The second-order valence-electron chi connectivity index (χ2n) is 7.28. The van der Waals surface area contributed by atoms with E-state index in [1.165, 1.54) is 0 Å². The Hall–Kier alpha value is -2.43. The lowest BCUT2D eigenvalue weighted by Gasteiger charge is -2.54. The minimum absolute atomic E-state index is 0.0326. The SMILES string of the molecule is Cc1cc(C)c(NC(=O)N2CC(C)(C)[C@H]2c2cccnc2)c(C)n1. The van der Waals surface area contributed by atoms with Gasteiger partial charge in [0.05, 0.1) is 17.4 Å². The molecule has 5 heteroatoms. The molecule has 2 aromatic heterocycles. The van der Waals surface area contributed by atoms with Gasteiger partial charge in [0.1, 0.15) is 0 Å². The van der Waals surface area contributed by atoms with Crippen molar-refractivity contribution < 1.29 is 4.79 Å². The van der Waals surface area contributed by atoms with E-state index in [1.807, 2.05) is 50.1 Å². The van der Waals surface area contributed by atoms with Crippen LogP contribution in [0.1, 0.15) is 42.4 Å². The molecular formula is C19H24N4O. The van der Waals surface area contributed by atoms with E-state index < -0.39 is 0 Å². The summed E-state index contributed by atoms with van der Waals surface area (Å²) in [5.41, 5.74) is 4.75. The molecule has 1 aliphatic heterocycles. The molecule has 0 aromatic carbocycles. The van der Waals surface area contributed by atoms with E-state index in [2.05, 4.69) is 29.1 Å². The monoisotopic (exact) mass is 324 g/mol. The second-order valence-corrected chi connectivity index (χ2v) is 7.28. The van der Waals surface area contributed by atoms with Gasteiger partial charge >= 0.3 is 6.03 Å². The number of amides is 2. The van der Waals surface area contributed by atoms with Crippen LogP contribution in [0.25, 0.3) is 0 Å². The normalized spacial score (nSPS) is 18.9. The van der Waals surface area contributed by atoms with Crippen molar-refractivity contribution >= 4 is 11.7 Å². The zero-order valence-corrected chi connectivity index (χ0v) is 14.9. The molecule has 2 amide bonds. The number of hydrogen-bond donors (Lipinski definition) is 1. The number of hydrogen-bond acceptors (Lipinski definition) is 3. The molecule has 126 valence electrons. The minimum Gasteiger partial charge on any atom is -0.316 e. The third kappa shape index (κ3) is 2.86. The number of anilines is 1. The van der Waals surface area contributed by atoms with Crippen molar-refractivity contribution in [3.05, 3.63) is 53.1 Å². The highest BCUT2D eigenvalue weighted by Gasteiger charge is 2.49. The van der Waals surface area contributed by atoms with Crippen LogP contribution in [0.5, 0.6) is 0 Å². The maximum Gasteiger partial charge on any atom is 0.322 e. The standard InChI is InChI=1S/C19H24N4O/c1-12-9-13(2)21-14(3)16(12)22-18(24)23-11-19(4,5)17(23)15-7-6-8-20-10-15/h6-10,17H,11H2,1-5H3,(H,22,24)/t17-/m1/s1. The van der Waals surface area contributed by atoms with E-state index in [-0.39, 0.29) is 17.5 Å². The van der Waals surface area contributed by atoms with Gasteiger partial charge < -0.3 is 10.2 Å². The Balaban J connectivity index is 1.83. The average molecular weight is 324 g/mol. The van der Waals surface area contributed by atoms with Crippen molar-refractivity contribution in [2.75, 3.05) is 11.9 Å². The lowest BCUT2D eigenvalue weighted by atomic mass is 9.72. The summed E-state index contributed by atoms with van der Waals surface area (Å²) in [7, 11) is 0. The second kappa shape index (κ2) is 5.89. The Morgan fingerprint density at radius 1 is 1.33 bits per heavy atom. The molecule has 1 saturated heterocycles. The fraction of sp³-hybridized carbons (Fsp3) is 0.421. The van der Waals surface area contributed by atoms with Crippen LogP contribution < -0.4 is 5.32 Å². The lowest BCUT2D eigenvalue weighted by molar-refractivity contribution is -0.0117. The van der Waals surface area contributed by atoms with E-state index in [9.17, 15) is 4.79 Å². The molecule has 1 atom stereocenters. The Morgan fingerprint density at radius 2 is 2.08 bits per heavy atom. The zero-order chi connectivity index (χ0) is 17.5. The molecule has 1 N–H and O–H groups in total. The summed E-state index contributed by atoms with van der Waals surface area (Å²) in [5.74, 6) is 0. The molecule has 1 fully saturated rings. The first-order valence-electron chi connectivity index (χ1n) is 8.22. The van der Waals surface area contributed by atoms with E-state index in [0.717, 1.165) is 34.7 Å². The predicted molar refractivity (Wildman–Crippen MR) is 94.9 cm³/mol. The van der Waals surface area contributed by atoms with Gasteiger partial charge in [0, 0.05) is 30.0 Å². The Kier molecular flexibility index (Phi) is 4.03. The minimum atomic E-state index is -0.0833. The topological polar surface area (TPSA) is 58.1 Å². The number of carbonyl (C=O) groups is 1. The summed E-state index contributed by atoms with van der Waals surface area (Å²) in [4.78, 5) is 23.3. The fourth-order valence-corrected chi connectivity index (χ4v) is 3.68. The van der Waals surface area contributed by atoms with Crippen molar-refractivity contribution in [2.24, 2.45) is 5.41 Å². The molecule has 2 aromatic rings. The van der Waals surface area contributed by atoms with Gasteiger partial charge in [-0.1, -0.05) is 19.9 Å². The molecule has 0 spiro atoms. The number of aryl methyl sites for hydroxylation is 3. The first-order valence-corrected chi connectivity index (χ1v) is 8.22. The van der Waals surface area contributed by atoms with Crippen LogP contribution in [-0.2, 0) is 0 Å². The summed E-state index contributed by atoms with van der Waals surface area (Å²) in [6.07, 6.45) is 3.60. The van der Waals surface area contributed by atoms with Crippen LogP contribution in [-0.4, -0.2) is 27.4 Å². The molecule has 0 aliphatic carbocycles. The number of rotatable bonds is 2. The number of likely N-dealkylation sites (tertiary alicyclic amines) is 1. The highest BCUT2D eigenvalue weighted by Crippen LogP contribution is 2.48. The van der Waals surface area contributed by atoms with Crippen LogP contribution in [0.15, 0.2) is 30.6 Å². The summed E-state index contributed by atoms with van der Waals surface area (Å²) >= 11 is 0. The van der Waals surface area contributed by atoms with E-state index >= 15 is 0 Å². The van der Waals surface area contributed by atoms with Crippen molar-refractivity contribution in [1.82, 2.24) is 14.9 Å². The molecule has 1 aliphatic rings. The molecule has 0 unspecified atom stereocenters. The van der Waals surface area contributed by atoms with Crippen molar-refractivity contribution in [3.63, 3.8) is 0 Å². The van der Waals surface area contributed by atoms with Gasteiger partial charge in [-0.05, 0) is 44.0 Å². The predicted octanol–water partition coefficient (Wildman–Crippen LogP) is 4.02. The van der Waals surface area contributed by atoms with Gasteiger partial charge in [-0.25, -0.2) is 4.79 Å². The van der Waals surface area contributed by atoms with Crippen molar-refractivity contribution in [1.29, 1.82) is 0 Å². The smallest absolute Gasteiger partial charge is 0.316 e. The van der Waals surface area contributed by atoms with Crippen LogP contribution in [0, 0.1) is 26.2 Å². The highest BCUT2D eigenvalue weighted by molar-refractivity contribution is 5.91. The van der Waals surface area contributed by atoms with Gasteiger partial charge in [-0.15, -0.1) is 0 Å². The quantitative estimate of drug-likeness (QED) is 0.908. The first-order chi connectivity index (χ1) is 11.3. The van der Waals surface area contributed by atoms with Gasteiger partial charge in [-0.2, -0.15) is 0 Å². The number of pyridine rings is 2. The summed E-state index contributed by atoms with van der Waals surface area (Å²) < 4.78 is 0. The van der Waals surface area contributed by atoms with Gasteiger partial charge in [0.25, 0.3) is 0 Å². The van der Waals surface area contributed by atoms with E-state index in [4.69, 9.17) is 0 Å². The zero-order valence-electron chi connectivity index (χ0n) is 14.9. The van der Waals surface area contributed by atoms with Gasteiger partial charge in [0.2, 0.25) is 0 Å². The maximum atomic E-state index is 12.8. The Morgan fingerprint density at radius 3 is 2.67 bits per heavy atom. The van der Waals surface area contributed by atoms with E-state index in [0.29, 0.717) is 0 Å². The molecule has 0 saturated carbocycles. The molecule has 3 rings (SSSR count). The summed E-state index contributed by atoms with van der Waals surface area (Å²) in [5, 5.41) is 3.05.